The van der Waals surface area contributed by atoms with Gasteiger partial charge < -0.3 is 23.8 Å². The minimum atomic E-state index is -0.0887. The number of carbonyl (C=O) groups excluding carboxylic acids is 1. The number of rotatable bonds is 10. The third kappa shape index (κ3) is 5.74. The minimum absolute atomic E-state index is 0.0887. The Kier molecular flexibility index (Phi) is 8.16. The van der Waals surface area contributed by atoms with Gasteiger partial charge in [0.15, 0.2) is 11.5 Å². The third-order valence-corrected chi connectivity index (χ3v) is 4.77. The molecule has 0 aliphatic carbocycles. The quantitative estimate of drug-likeness (QED) is 0.581. The highest BCUT2D eigenvalue weighted by molar-refractivity contribution is 7.09. The molecule has 146 valence electrons. The molecule has 1 heterocycles. The van der Waals surface area contributed by atoms with Crippen molar-refractivity contribution in [2.45, 2.75) is 6.54 Å². The maximum absolute atomic E-state index is 12.7. The van der Waals surface area contributed by atoms with E-state index in [0.717, 1.165) is 10.4 Å². The standard InChI is InChI=1S/C20H25NO5S/c1-23-10-9-21(14-16-6-5-11-27-16)19(22)8-7-15-12-17(24-2)20(26-4)18(13-15)25-3/h5-8,11-13H,9-10,14H2,1-4H3. The van der Waals surface area contributed by atoms with Crippen molar-refractivity contribution in [1.29, 1.82) is 0 Å². The zero-order valence-corrected chi connectivity index (χ0v) is 16.9. The van der Waals surface area contributed by atoms with Crippen LogP contribution in [0.1, 0.15) is 10.4 Å². The smallest absolute Gasteiger partial charge is 0.246 e. The number of benzene rings is 1. The van der Waals surface area contributed by atoms with E-state index in [1.807, 2.05) is 17.5 Å². The summed E-state index contributed by atoms with van der Waals surface area (Å²) < 4.78 is 21.1. The molecular weight excluding hydrogens is 366 g/mol. The maximum atomic E-state index is 12.7. The van der Waals surface area contributed by atoms with Gasteiger partial charge in [0.25, 0.3) is 0 Å². The fourth-order valence-electron chi connectivity index (χ4n) is 2.53. The Bertz CT molecular complexity index is 733. The Balaban J connectivity index is 2.19. The van der Waals surface area contributed by atoms with Gasteiger partial charge in [0.2, 0.25) is 11.7 Å². The zero-order chi connectivity index (χ0) is 19.6. The van der Waals surface area contributed by atoms with E-state index in [-0.39, 0.29) is 5.91 Å². The molecule has 2 aromatic rings. The molecule has 7 heteroatoms. The average Bonchev–Trinajstić information content (AvgIpc) is 3.21. The van der Waals surface area contributed by atoms with E-state index in [1.165, 1.54) is 0 Å². The van der Waals surface area contributed by atoms with Crippen LogP contribution in [0, 0.1) is 0 Å². The average molecular weight is 391 g/mol. The molecule has 1 aromatic heterocycles. The molecule has 0 aliphatic heterocycles. The van der Waals surface area contributed by atoms with Crippen LogP contribution in [0.2, 0.25) is 0 Å². The van der Waals surface area contributed by atoms with Crippen molar-refractivity contribution in [3.8, 4) is 17.2 Å². The van der Waals surface area contributed by atoms with E-state index >= 15 is 0 Å². The van der Waals surface area contributed by atoms with Crippen LogP contribution in [0.25, 0.3) is 6.08 Å². The summed E-state index contributed by atoms with van der Waals surface area (Å²) in [6.07, 6.45) is 3.28. The van der Waals surface area contributed by atoms with Crippen LogP contribution in [0.15, 0.2) is 35.7 Å². The summed E-state index contributed by atoms with van der Waals surface area (Å²) in [4.78, 5) is 15.6. The monoisotopic (exact) mass is 391 g/mol. The van der Waals surface area contributed by atoms with Crippen LogP contribution in [0.4, 0.5) is 0 Å². The molecule has 0 saturated carbocycles. The lowest BCUT2D eigenvalue weighted by molar-refractivity contribution is -0.127. The molecule has 0 saturated heterocycles. The second-order valence-electron chi connectivity index (χ2n) is 5.62. The topological polar surface area (TPSA) is 57.2 Å². The number of amides is 1. The van der Waals surface area contributed by atoms with Crippen LogP contribution in [-0.4, -0.2) is 52.4 Å². The fourth-order valence-corrected chi connectivity index (χ4v) is 3.25. The Morgan fingerprint density at radius 3 is 2.33 bits per heavy atom. The van der Waals surface area contributed by atoms with E-state index in [1.54, 1.807) is 69.0 Å². The lowest BCUT2D eigenvalue weighted by atomic mass is 10.1. The molecule has 0 radical (unpaired) electrons. The molecule has 0 N–H and O–H groups in total. The minimum Gasteiger partial charge on any atom is -0.493 e. The SMILES string of the molecule is COCCN(Cc1cccs1)C(=O)C=Cc1cc(OC)c(OC)c(OC)c1. The largest absolute Gasteiger partial charge is 0.493 e. The predicted molar refractivity (Wildman–Crippen MR) is 107 cm³/mol. The van der Waals surface area contributed by atoms with Gasteiger partial charge in [-0.3, -0.25) is 4.79 Å². The van der Waals surface area contributed by atoms with Gasteiger partial charge in [-0.1, -0.05) is 6.07 Å². The maximum Gasteiger partial charge on any atom is 0.246 e. The first kappa shape index (κ1) is 20.8. The van der Waals surface area contributed by atoms with Crippen molar-refractivity contribution in [1.82, 2.24) is 4.90 Å². The fraction of sp³-hybridized carbons (Fsp3) is 0.350. The van der Waals surface area contributed by atoms with E-state index in [2.05, 4.69) is 0 Å². The van der Waals surface area contributed by atoms with Crippen molar-refractivity contribution in [3.05, 3.63) is 46.2 Å². The van der Waals surface area contributed by atoms with Gasteiger partial charge in [-0.05, 0) is 35.2 Å². The zero-order valence-electron chi connectivity index (χ0n) is 16.1. The number of hydrogen-bond acceptors (Lipinski definition) is 6. The first-order chi connectivity index (χ1) is 13.1. The van der Waals surface area contributed by atoms with Gasteiger partial charge in [-0.2, -0.15) is 0 Å². The molecule has 0 aliphatic rings. The molecule has 0 bridgehead atoms. The summed E-state index contributed by atoms with van der Waals surface area (Å²) >= 11 is 1.62. The third-order valence-electron chi connectivity index (χ3n) is 3.91. The van der Waals surface area contributed by atoms with Gasteiger partial charge in [0.05, 0.1) is 34.5 Å². The molecule has 27 heavy (non-hydrogen) atoms. The molecule has 1 aromatic carbocycles. The van der Waals surface area contributed by atoms with Crippen molar-refractivity contribution in [2.24, 2.45) is 0 Å². The summed E-state index contributed by atoms with van der Waals surface area (Å²) in [5.74, 6) is 1.51. The van der Waals surface area contributed by atoms with Gasteiger partial charge in [0, 0.05) is 24.6 Å². The number of hydrogen-bond donors (Lipinski definition) is 0. The summed E-state index contributed by atoms with van der Waals surface area (Å²) in [5, 5.41) is 2.00. The molecule has 1 amide bonds. The Morgan fingerprint density at radius 1 is 1.11 bits per heavy atom. The van der Waals surface area contributed by atoms with Crippen molar-refractivity contribution < 1.29 is 23.7 Å². The molecular formula is C20H25NO5S. The van der Waals surface area contributed by atoms with Gasteiger partial charge in [-0.25, -0.2) is 0 Å². The van der Waals surface area contributed by atoms with Crippen LogP contribution in [-0.2, 0) is 16.1 Å². The first-order valence-electron chi connectivity index (χ1n) is 8.41. The Morgan fingerprint density at radius 2 is 1.81 bits per heavy atom. The number of ether oxygens (including phenoxy) is 4. The molecule has 2 rings (SSSR count). The summed E-state index contributed by atoms with van der Waals surface area (Å²) in [6, 6.07) is 7.58. The number of nitrogens with zero attached hydrogens (tertiary/aromatic N) is 1. The highest BCUT2D eigenvalue weighted by atomic mass is 32.1. The van der Waals surface area contributed by atoms with E-state index in [4.69, 9.17) is 18.9 Å². The first-order valence-corrected chi connectivity index (χ1v) is 9.29. The van der Waals surface area contributed by atoms with Crippen LogP contribution in [0.3, 0.4) is 0 Å². The highest BCUT2D eigenvalue weighted by Gasteiger charge is 2.14. The van der Waals surface area contributed by atoms with E-state index in [9.17, 15) is 4.79 Å². The lowest BCUT2D eigenvalue weighted by Crippen LogP contribution is -2.31. The number of methoxy groups -OCH3 is 4. The van der Waals surface area contributed by atoms with Gasteiger partial charge in [0.1, 0.15) is 0 Å². The number of carbonyl (C=O) groups is 1. The Labute approximate surface area is 163 Å². The van der Waals surface area contributed by atoms with Crippen molar-refractivity contribution in [3.63, 3.8) is 0 Å². The summed E-state index contributed by atoms with van der Waals surface area (Å²) in [5.41, 5.74) is 0.778. The second kappa shape index (κ2) is 10.6. The normalized spacial score (nSPS) is 10.8. The second-order valence-corrected chi connectivity index (χ2v) is 6.66. The van der Waals surface area contributed by atoms with Crippen LogP contribution < -0.4 is 14.2 Å². The summed E-state index contributed by atoms with van der Waals surface area (Å²) in [6.45, 7) is 1.56. The van der Waals surface area contributed by atoms with Crippen LogP contribution in [0.5, 0.6) is 17.2 Å². The summed E-state index contributed by atoms with van der Waals surface area (Å²) in [7, 11) is 6.30. The predicted octanol–water partition coefficient (Wildman–Crippen LogP) is 3.46. The Hall–Kier alpha value is -2.51. The highest BCUT2D eigenvalue weighted by Crippen LogP contribution is 2.38. The molecule has 0 fully saturated rings. The van der Waals surface area contributed by atoms with Gasteiger partial charge >= 0.3 is 0 Å². The van der Waals surface area contributed by atoms with Crippen molar-refractivity contribution in [2.75, 3.05) is 41.6 Å². The van der Waals surface area contributed by atoms with Crippen LogP contribution >= 0.6 is 11.3 Å². The van der Waals surface area contributed by atoms with E-state index < -0.39 is 0 Å². The molecule has 0 unspecified atom stereocenters. The molecule has 0 spiro atoms. The molecule has 0 atom stereocenters. The molecule has 6 nitrogen and oxygen atoms in total. The van der Waals surface area contributed by atoms with E-state index in [0.29, 0.717) is 36.9 Å². The number of thiophene rings is 1. The van der Waals surface area contributed by atoms with Gasteiger partial charge in [-0.15, -0.1) is 11.3 Å². The lowest BCUT2D eigenvalue weighted by Gasteiger charge is -2.20. The van der Waals surface area contributed by atoms with Crippen molar-refractivity contribution >= 4 is 23.3 Å².